The van der Waals surface area contributed by atoms with E-state index >= 15 is 0 Å². The van der Waals surface area contributed by atoms with E-state index in [9.17, 15) is 0 Å². The molecule has 2 aromatic rings. The maximum Gasteiger partial charge on any atom is 0.165 e. The van der Waals surface area contributed by atoms with Crippen molar-refractivity contribution in [3.63, 3.8) is 0 Å². The number of hydrogen-bond acceptors (Lipinski definition) is 5. The first-order chi connectivity index (χ1) is 9.28. The molecule has 100 valence electrons. The van der Waals surface area contributed by atoms with Gasteiger partial charge in [-0.2, -0.15) is 0 Å². The van der Waals surface area contributed by atoms with Gasteiger partial charge < -0.3 is 10.1 Å². The van der Waals surface area contributed by atoms with Crippen molar-refractivity contribution < 1.29 is 4.74 Å². The third-order valence-electron chi connectivity index (χ3n) is 3.09. The minimum Gasteiger partial charge on any atom is -0.493 e. The molecular formula is C12H14BrN5O. The molecule has 0 radical (unpaired) electrons. The molecule has 0 amide bonds. The van der Waals surface area contributed by atoms with Crippen LogP contribution in [0.25, 0.3) is 0 Å². The summed E-state index contributed by atoms with van der Waals surface area (Å²) in [6.45, 7) is 2.01. The fourth-order valence-electron chi connectivity index (χ4n) is 2.26. The topological polar surface area (TPSA) is 64.9 Å². The number of halogens is 1. The van der Waals surface area contributed by atoms with Crippen LogP contribution in [0.1, 0.15) is 17.0 Å². The summed E-state index contributed by atoms with van der Waals surface area (Å²) in [6, 6.07) is 4.18. The van der Waals surface area contributed by atoms with Gasteiger partial charge in [0.1, 0.15) is 5.75 Å². The van der Waals surface area contributed by atoms with Crippen LogP contribution in [0.5, 0.6) is 5.75 Å². The highest BCUT2D eigenvalue weighted by molar-refractivity contribution is 9.10. The zero-order valence-electron chi connectivity index (χ0n) is 10.6. The van der Waals surface area contributed by atoms with Crippen molar-refractivity contribution in [3.05, 3.63) is 33.6 Å². The van der Waals surface area contributed by atoms with Gasteiger partial charge in [-0.1, -0.05) is 15.9 Å². The molecule has 0 fully saturated rings. The van der Waals surface area contributed by atoms with Gasteiger partial charge in [0, 0.05) is 16.5 Å². The van der Waals surface area contributed by atoms with Crippen molar-refractivity contribution in [2.24, 2.45) is 0 Å². The maximum atomic E-state index is 5.71. The van der Waals surface area contributed by atoms with Crippen LogP contribution >= 0.6 is 15.9 Å². The molecule has 0 saturated carbocycles. The zero-order chi connectivity index (χ0) is 13.2. The fraction of sp³-hybridized carbons (Fsp3) is 0.417. The lowest BCUT2D eigenvalue weighted by atomic mass is 10.1. The average Bonchev–Trinajstić information content (AvgIpc) is 2.99. The predicted octanol–water partition coefficient (Wildman–Crippen LogP) is 1.14. The Morgan fingerprint density at radius 1 is 1.47 bits per heavy atom. The van der Waals surface area contributed by atoms with Gasteiger partial charge in [-0.3, -0.25) is 0 Å². The number of benzene rings is 1. The van der Waals surface area contributed by atoms with E-state index in [0.29, 0.717) is 13.1 Å². The van der Waals surface area contributed by atoms with Crippen molar-refractivity contribution in [1.82, 2.24) is 25.5 Å². The van der Waals surface area contributed by atoms with Crippen molar-refractivity contribution >= 4 is 15.9 Å². The molecule has 1 aromatic carbocycles. The molecule has 1 aromatic heterocycles. The van der Waals surface area contributed by atoms with Crippen LogP contribution in [0.15, 0.2) is 16.6 Å². The van der Waals surface area contributed by atoms with Gasteiger partial charge in [-0.25, -0.2) is 4.68 Å². The van der Waals surface area contributed by atoms with Gasteiger partial charge in [-0.15, -0.1) is 5.10 Å². The van der Waals surface area contributed by atoms with Crippen molar-refractivity contribution in [2.75, 3.05) is 13.7 Å². The lowest BCUT2D eigenvalue weighted by Gasteiger charge is -2.10. The molecule has 0 unspecified atom stereocenters. The summed E-state index contributed by atoms with van der Waals surface area (Å²) in [5, 5.41) is 14.8. The van der Waals surface area contributed by atoms with Crippen molar-refractivity contribution in [3.8, 4) is 5.75 Å². The third-order valence-corrected chi connectivity index (χ3v) is 3.54. The maximum absolute atomic E-state index is 5.71. The third kappa shape index (κ3) is 2.48. The Kier molecular flexibility index (Phi) is 3.48. The number of tetrazole rings is 1. The summed E-state index contributed by atoms with van der Waals surface area (Å²) >= 11 is 3.54. The van der Waals surface area contributed by atoms with Crippen LogP contribution in [0.2, 0.25) is 0 Å². The van der Waals surface area contributed by atoms with E-state index in [-0.39, 0.29) is 0 Å². The quantitative estimate of drug-likeness (QED) is 0.914. The smallest absolute Gasteiger partial charge is 0.165 e. The molecule has 19 heavy (non-hydrogen) atoms. The summed E-state index contributed by atoms with van der Waals surface area (Å²) in [5.41, 5.74) is 2.35. The summed E-state index contributed by atoms with van der Waals surface area (Å²) in [5.74, 6) is 1.79. The van der Waals surface area contributed by atoms with Crippen LogP contribution < -0.4 is 10.1 Å². The SMILES string of the molecule is CNCc1nnnn1Cc1cc(Br)cc2c1OCC2. The van der Waals surface area contributed by atoms with Gasteiger partial charge in [0.25, 0.3) is 0 Å². The van der Waals surface area contributed by atoms with E-state index < -0.39 is 0 Å². The van der Waals surface area contributed by atoms with E-state index in [1.54, 1.807) is 4.68 Å². The standard InChI is InChI=1S/C12H14BrN5O/c1-14-6-11-15-16-17-18(11)7-9-5-10(13)4-8-2-3-19-12(8)9/h4-5,14H,2-3,6-7H2,1H3. The largest absolute Gasteiger partial charge is 0.493 e. The van der Waals surface area contributed by atoms with Crippen LogP contribution in [0, 0.1) is 0 Å². The molecule has 1 N–H and O–H groups in total. The number of rotatable bonds is 4. The lowest BCUT2D eigenvalue weighted by Crippen LogP contribution is -2.14. The Labute approximate surface area is 119 Å². The second-order valence-electron chi connectivity index (χ2n) is 4.43. The predicted molar refractivity (Wildman–Crippen MR) is 73.0 cm³/mol. The second-order valence-corrected chi connectivity index (χ2v) is 5.35. The van der Waals surface area contributed by atoms with Crippen LogP contribution in [-0.4, -0.2) is 33.9 Å². The highest BCUT2D eigenvalue weighted by atomic mass is 79.9. The Balaban J connectivity index is 1.93. The van der Waals surface area contributed by atoms with Crippen molar-refractivity contribution in [2.45, 2.75) is 19.5 Å². The van der Waals surface area contributed by atoms with Crippen LogP contribution in [0.4, 0.5) is 0 Å². The molecule has 0 bridgehead atoms. The number of ether oxygens (including phenoxy) is 1. The molecule has 0 saturated heterocycles. The Morgan fingerprint density at radius 3 is 3.21 bits per heavy atom. The molecule has 1 aliphatic rings. The summed E-state index contributed by atoms with van der Waals surface area (Å²) in [7, 11) is 1.87. The number of fused-ring (bicyclic) bond motifs is 1. The molecule has 1 aliphatic heterocycles. The van der Waals surface area contributed by atoms with Crippen molar-refractivity contribution in [1.29, 1.82) is 0 Å². The van der Waals surface area contributed by atoms with Crippen LogP contribution in [-0.2, 0) is 19.5 Å². The molecule has 3 rings (SSSR count). The highest BCUT2D eigenvalue weighted by Crippen LogP contribution is 2.33. The molecule has 7 heteroatoms. The van der Waals surface area contributed by atoms with Gasteiger partial charge >= 0.3 is 0 Å². The van der Waals surface area contributed by atoms with Gasteiger partial charge in [0.05, 0.1) is 19.7 Å². The van der Waals surface area contributed by atoms with E-state index in [4.69, 9.17) is 4.74 Å². The first-order valence-electron chi connectivity index (χ1n) is 6.11. The molecule has 0 spiro atoms. The minimum atomic E-state index is 0.617. The lowest BCUT2D eigenvalue weighted by molar-refractivity contribution is 0.352. The highest BCUT2D eigenvalue weighted by Gasteiger charge is 2.18. The number of nitrogens with one attached hydrogen (secondary N) is 1. The Bertz CT molecular complexity index is 598. The Morgan fingerprint density at radius 2 is 2.37 bits per heavy atom. The molecule has 6 nitrogen and oxygen atoms in total. The first kappa shape index (κ1) is 12.6. The summed E-state index contributed by atoms with van der Waals surface area (Å²) in [6.07, 6.45) is 0.959. The fourth-order valence-corrected chi connectivity index (χ4v) is 2.81. The Hall–Kier alpha value is -1.47. The number of aromatic nitrogens is 4. The number of nitrogens with zero attached hydrogens (tertiary/aromatic N) is 4. The molecule has 0 atom stereocenters. The first-order valence-corrected chi connectivity index (χ1v) is 6.91. The minimum absolute atomic E-state index is 0.617. The van der Waals surface area contributed by atoms with Gasteiger partial charge in [0.15, 0.2) is 5.82 Å². The zero-order valence-corrected chi connectivity index (χ0v) is 12.1. The van der Waals surface area contributed by atoms with E-state index in [2.05, 4.69) is 48.9 Å². The van der Waals surface area contributed by atoms with Gasteiger partial charge in [-0.05, 0) is 35.2 Å². The summed E-state index contributed by atoms with van der Waals surface area (Å²) in [4.78, 5) is 0. The monoisotopic (exact) mass is 323 g/mol. The van der Waals surface area contributed by atoms with E-state index in [1.165, 1.54) is 5.56 Å². The normalized spacial score (nSPS) is 13.4. The van der Waals surface area contributed by atoms with Gasteiger partial charge in [0.2, 0.25) is 0 Å². The van der Waals surface area contributed by atoms with E-state index in [1.807, 2.05) is 7.05 Å². The van der Waals surface area contributed by atoms with E-state index in [0.717, 1.165) is 34.6 Å². The van der Waals surface area contributed by atoms with Crippen LogP contribution in [0.3, 0.4) is 0 Å². The number of hydrogen-bond donors (Lipinski definition) is 1. The molecule has 0 aliphatic carbocycles. The summed E-state index contributed by atoms with van der Waals surface area (Å²) < 4.78 is 8.57. The molecule has 2 heterocycles. The average molecular weight is 324 g/mol. The second kappa shape index (κ2) is 5.26. The molecular weight excluding hydrogens is 310 g/mol.